The number of piperazine rings is 1. The Kier molecular flexibility index (Phi) is 9.00. The first-order valence-electron chi connectivity index (χ1n) is 13.2. The molecule has 0 radical (unpaired) electrons. The van der Waals surface area contributed by atoms with Crippen LogP contribution in [-0.4, -0.2) is 118 Å². The number of benzene rings is 1. The van der Waals surface area contributed by atoms with E-state index in [1.165, 1.54) is 20.8 Å². The number of para-hydroxylation sites is 1. The molecule has 2 aliphatic rings. The number of fused-ring (bicyclic) bond motifs is 1. The second-order valence-corrected chi connectivity index (χ2v) is 9.79. The number of nitrogens with zero attached hydrogens (tertiary/aromatic N) is 4. The maximum absolute atomic E-state index is 13.3. The number of hydrogen-bond acceptors (Lipinski definition) is 8. The van der Waals surface area contributed by atoms with E-state index >= 15 is 0 Å². The zero-order valence-corrected chi connectivity index (χ0v) is 22.4. The fraction of sp³-hybridized carbons (Fsp3) is 0.444. The molecule has 2 aromatic rings. The van der Waals surface area contributed by atoms with Gasteiger partial charge in [-0.25, -0.2) is 9.78 Å². The molecule has 1 atom stereocenters. The second-order valence-electron chi connectivity index (χ2n) is 9.79. The van der Waals surface area contributed by atoms with E-state index in [-0.39, 0.29) is 70.0 Å². The number of aliphatic carboxylic acids is 2. The monoisotopic (exact) mass is 569 g/mol. The summed E-state index contributed by atoms with van der Waals surface area (Å²) in [6.45, 7) is 2.80. The fourth-order valence-corrected chi connectivity index (χ4v) is 4.74. The van der Waals surface area contributed by atoms with Crippen molar-refractivity contribution >= 4 is 46.7 Å². The maximum Gasteiger partial charge on any atom is 0.409 e. The number of carboxylic acid groups (broad SMARTS) is 2. The van der Waals surface area contributed by atoms with Gasteiger partial charge in [0.15, 0.2) is 0 Å². The summed E-state index contributed by atoms with van der Waals surface area (Å²) in [5.74, 6) is -4.52. The molecule has 0 aliphatic carbocycles. The van der Waals surface area contributed by atoms with E-state index in [4.69, 9.17) is 9.84 Å². The Balaban J connectivity index is 1.53. The van der Waals surface area contributed by atoms with Gasteiger partial charge in [0.1, 0.15) is 11.7 Å². The molecule has 41 heavy (non-hydrogen) atoms. The summed E-state index contributed by atoms with van der Waals surface area (Å²) in [7, 11) is 0. The summed E-state index contributed by atoms with van der Waals surface area (Å²) in [6, 6.07) is 6.79. The number of pyridine rings is 1. The van der Waals surface area contributed by atoms with E-state index in [1.54, 1.807) is 31.2 Å². The van der Waals surface area contributed by atoms with Crippen LogP contribution in [0, 0.1) is 5.92 Å². The molecule has 3 N–H and O–H groups in total. The minimum Gasteiger partial charge on any atom is -0.481 e. The fourth-order valence-electron chi connectivity index (χ4n) is 4.74. The lowest BCUT2D eigenvalue weighted by atomic mass is 9.97. The van der Waals surface area contributed by atoms with Crippen LogP contribution in [0.4, 0.5) is 4.79 Å². The van der Waals surface area contributed by atoms with Crippen molar-refractivity contribution in [2.75, 3.05) is 45.9 Å². The number of amides is 4. The van der Waals surface area contributed by atoms with Gasteiger partial charge in [0.05, 0.1) is 23.6 Å². The summed E-state index contributed by atoms with van der Waals surface area (Å²) >= 11 is 0. The van der Waals surface area contributed by atoms with E-state index in [2.05, 4.69) is 10.3 Å². The molecule has 0 bridgehead atoms. The number of carbonyl (C=O) groups excluding carboxylic acids is 4. The molecule has 218 valence electrons. The average Bonchev–Trinajstić information content (AvgIpc) is 2.93. The van der Waals surface area contributed by atoms with Crippen LogP contribution in [0.15, 0.2) is 30.3 Å². The summed E-state index contributed by atoms with van der Waals surface area (Å²) in [5, 5.41) is 21.4. The Bertz CT molecular complexity index is 1370. The van der Waals surface area contributed by atoms with Crippen LogP contribution in [0.25, 0.3) is 10.9 Å². The SMILES string of the molecule is CCOC(=O)N1CCN(C(=O)[C@H](CCC(=O)O)NC(=O)c2cc(C(=O)N3CC(C(=O)O)C3)c3ccccc3n2)CC1. The van der Waals surface area contributed by atoms with Crippen LogP contribution in [0.2, 0.25) is 0 Å². The molecule has 1 aromatic carbocycles. The Morgan fingerprint density at radius 3 is 2.29 bits per heavy atom. The lowest BCUT2D eigenvalue weighted by Gasteiger charge is -2.37. The number of carbonyl (C=O) groups is 6. The van der Waals surface area contributed by atoms with Gasteiger partial charge in [-0.1, -0.05) is 18.2 Å². The predicted octanol–water partition coefficient (Wildman–Crippen LogP) is 0.655. The Morgan fingerprint density at radius 2 is 1.66 bits per heavy atom. The van der Waals surface area contributed by atoms with Crippen molar-refractivity contribution in [1.29, 1.82) is 0 Å². The van der Waals surface area contributed by atoms with Gasteiger partial charge >= 0.3 is 18.0 Å². The zero-order valence-electron chi connectivity index (χ0n) is 22.4. The maximum atomic E-state index is 13.3. The van der Waals surface area contributed by atoms with Gasteiger partial charge in [-0.3, -0.25) is 24.0 Å². The first-order chi connectivity index (χ1) is 19.6. The van der Waals surface area contributed by atoms with E-state index < -0.39 is 47.7 Å². The van der Waals surface area contributed by atoms with Gasteiger partial charge in [0, 0.05) is 51.1 Å². The van der Waals surface area contributed by atoms with Crippen molar-refractivity contribution in [1.82, 2.24) is 25.0 Å². The summed E-state index contributed by atoms with van der Waals surface area (Å²) in [6.07, 6.45) is -1.05. The third kappa shape index (κ3) is 6.70. The highest BCUT2D eigenvalue weighted by atomic mass is 16.6. The molecular formula is C27H31N5O9. The number of rotatable bonds is 9. The highest BCUT2D eigenvalue weighted by Gasteiger charge is 2.37. The van der Waals surface area contributed by atoms with E-state index in [0.717, 1.165) is 0 Å². The minimum atomic E-state index is -1.19. The molecule has 4 rings (SSSR count). The summed E-state index contributed by atoms with van der Waals surface area (Å²) < 4.78 is 4.99. The molecule has 14 heteroatoms. The van der Waals surface area contributed by atoms with E-state index in [0.29, 0.717) is 10.9 Å². The topological polar surface area (TPSA) is 187 Å². The van der Waals surface area contributed by atoms with Gasteiger partial charge < -0.3 is 35.0 Å². The van der Waals surface area contributed by atoms with Crippen LogP contribution in [0.5, 0.6) is 0 Å². The molecule has 1 aromatic heterocycles. The minimum absolute atomic E-state index is 0.0432. The molecule has 0 unspecified atom stereocenters. The average molecular weight is 570 g/mol. The molecule has 4 amide bonds. The largest absolute Gasteiger partial charge is 0.481 e. The molecule has 2 aliphatic heterocycles. The zero-order chi connectivity index (χ0) is 29.7. The molecular weight excluding hydrogens is 538 g/mol. The van der Waals surface area contributed by atoms with Crippen molar-refractivity contribution < 1.29 is 43.7 Å². The predicted molar refractivity (Wildman–Crippen MR) is 142 cm³/mol. The quantitative estimate of drug-likeness (QED) is 0.387. The van der Waals surface area contributed by atoms with Crippen molar-refractivity contribution in [2.45, 2.75) is 25.8 Å². The number of ether oxygens (including phenoxy) is 1. The normalized spacial score (nSPS) is 16.1. The third-order valence-electron chi connectivity index (χ3n) is 7.06. The van der Waals surface area contributed by atoms with Crippen molar-refractivity contribution in [3.63, 3.8) is 0 Å². The number of carboxylic acids is 2. The van der Waals surface area contributed by atoms with Crippen molar-refractivity contribution in [2.24, 2.45) is 5.92 Å². The van der Waals surface area contributed by atoms with Crippen LogP contribution in [0.3, 0.4) is 0 Å². The summed E-state index contributed by atoms with van der Waals surface area (Å²) in [5.41, 5.74) is 0.359. The summed E-state index contributed by atoms with van der Waals surface area (Å²) in [4.78, 5) is 83.0. The first-order valence-corrected chi connectivity index (χ1v) is 13.2. The highest BCUT2D eigenvalue weighted by Crippen LogP contribution is 2.25. The van der Waals surface area contributed by atoms with Gasteiger partial charge in [-0.15, -0.1) is 0 Å². The van der Waals surface area contributed by atoms with Crippen molar-refractivity contribution in [3.8, 4) is 0 Å². The van der Waals surface area contributed by atoms with Gasteiger partial charge in [-0.05, 0) is 25.5 Å². The molecule has 14 nitrogen and oxygen atoms in total. The lowest BCUT2D eigenvalue weighted by molar-refractivity contribution is -0.146. The Morgan fingerprint density at radius 1 is 1.00 bits per heavy atom. The molecule has 2 saturated heterocycles. The Labute approximate surface area is 234 Å². The van der Waals surface area contributed by atoms with Crippen LogP contribution in [-0.2, 0) is 19.1 Å². The molecule has 0 saturated carbocycles. The number of nitrogens with one attached hydrogen (secondary N) is 1. The molecule has 2 fully saturated rings. The molecule has 3 heterocycles. The smallest absolute Gasteiger partial charge is 0.409 e. The second kappa shape index (κ2) is 12.6. The Hall–Kier alpha value is -4.75. The third-order valence-corrected chi connectivity index (χ3v) is 7.06. The number of likely N-dealkylation sites (tertiary alicyclic amines) is 1. The molecule has 0 spiro atoms. The number of aromatic nitrogens is 1. The van der Waals surface area contributed by atoms with Gasteiger partial charge in [0.2, 0.25) is 5.91 Å². The van der Waals surface area contributed by atoms with E-state index in [1.807, 2.05) is 0 Å². The van der Waals surface area contributed by atoms with Crippen LogP contribution < -0.4 is 5.32 Å². The van der Waals surface area contributed by atoms with E-state index in [9.17, 15) is 33.9 Å². The van der Waals surface area contributed by atoms with Crippen molar-refractivity contribution in [3.05, 3.63) is 41.6 Å². The van der Waals surface area contributed by atoms with Gasteiger partial charge in [0.25, 0.3) is 11.8 Å². The lowest BCUT2D eigenvalue weighted by Crippen LogP contribution is -2.56. The van der Waals surface area contributed by atoms with Crippen LogP contribution in [0.1, 0.15) is 40.6 Å². The van der Waals surface area contributed by atoms with Gasteiger partial charge in [-0.2, -0.15) is 0 Å². The standard InChI is InChI=1S/C27H31N5O9/c1-2-41-27(40)31-11-9-30(10-12-31)25(37)20(7-8-22(33)34)29-23(35)21-13-18(17-5-3-4-6-19(17)28-21)24(36)32-14-16(15-32)26(38)39/h3-6,13,16,20H,2,7-12,14-15H2,1H3,(H,29,35)(H,33,34)(H,38,39)/t20-/m0/s1. The highest BCUT2D eigenvalue weighted by molar-refractivity contribution is 6.09. The van der Waals surface area contributed by atoms with Crippen LogP contribution >= 0.6 is 0 Å². The number of hydrogen-bond donors (Lipinski definition) is 3. The first kappa shape index (κ1) is 29.2.